The molecular weight excluding hydrogens is 521 g/mol. The van der Waals surface area contributed by atoms with E-state index in [4.69, 9.17) is 39.8 Å². The molecule has 2 heterocycles. The van der Waals surface area contributed by atoms with Crippen LogP contribution in [0.5, 0.6) is 0 Å². The molecule has 4 aromatic rings. The van der Waals surface area contributed by atoms with Crippen LogP contribution in [-0.4, -0.2) is 21.2 Å². The smallest absolute Gasteiger partial charge is 0.267 e. The molecule has 2 aromatic heterocycles. The van der Waals surface area contributed by atoms with Crippen LogP contribution >= 0.6 is 57.9 Å². The molecule has 2 aromatic carbocycles. The van der Waals surface area contributed by atoms with E-state index in [1.807, 2.05) is 0 Å². The number of nitrogens with one attached hydrogen (secondary N) is 1. The third-order valence-corrected chi connectivity index (χ3v) is 8.25. The van der Waals surface area contributed by atoms with Crippen molar-refractivity contribution in [3.63, 3.8) is 0 Å². The van der Waals surface area contributed by atoms with E-state index in [9.17, 15) is 9.59 Å². The van der Waals surface area contributed by atoms with Crippen molar-refractivity contribution in [2.75, 3.05) is 11.1 Å². The molecule has 0 bridgehead atoms. The number of thioether (sulfide) groups is 1. The van der Waals surface area contributed by atoms with Gasteiger partial charge in [-0.25, -0.2) is 4.98 Å². The van der Waals surface area contributed by atoms with Gasteiger partial charge in [0.25, 0.3) is 5.56 Å². The highest BCUT2D eigenvalue weighted by atomic mass is 35.5. The van der Waals surface area contributed by atoms with Gasteiger partial charge in [-0.2, -0.15) is 0 Å². The van der Waals surface area contributed by atoms with Crippen LogP contribution < -0.4 is 10.9 Å². The Kier molecular flexibility index (Phi) is 6.42. The van der Waals surface area contributed by atoms with Crippen molar-refractivity contribution in [3.05, 3.63) is 78.3 Å². The topological polar surface area (TPSA) is 64.0 Å². The van der Waals surface area contributed by atoms with Crippen LogP contribution in [0, 0.1) is 0 Å². The highest BCUT2D eigenvalue weighted by molar-refractivity contribution is 7.99. The standard InChI is InChI=1S/C23H16Cl3N3O2S2/c24-12-4-7-14(8-5-12)29-22(31)20-15-2-1-3-18(15)33-21(20)28-23(29)32-11-19(30)27-17-9-6-13(25)10-16(17)26/h4-10H,1-3,11H2,(H,27,30). The third kappa shape index (κ3) is 4.53. The summed E-state index contributed by atoms with van der Waals surface area (Å²) in [5, 5.41) is 5.33. The number of fused-ring (bicyclic) bond motifs is 3. The fourth-order valence-corrected chi connectivity index (χ4v) is 6.54. The summed E-state index contributed by atoms with van der Waals surface area (Å²) in [4.78, 5) is 33.0. The van der Waals surface area contributed by atoms with E-state index in [0.717, 1.165) is 29.7 Å². The van der Waals surface area contributed by atoms with Crippen LogP contribution in [0.15, 0.2) is 52.4 Å². The molecule has 0 unspecified atom stereocenters. The first-order valence-electron chi connectivity index (χ1n) is 10.1. The maximum atomic E-state index is 13.6. The van der Waals surface area contributed by atoms with Gasteiger partial charge in [-0.15, -0.1) is 11.3 Å². The normalized spacial score (nSPS) is 12.8. The lowest BCUT2D eigenvalue weighted by Crippen LogP contribution is -2.23. The van der Waals surface area contributed by atoms with E-state index in [1.54, 1.807) is 58.4 Å². The zero-order valence-corrected chi connectivity index (χ0v) is 20.9. The van der Waals surface area contributed by atoms with Crippen molar-refractivity contribution in [2.45, 2.75) is 24.4 Å². The molecule has 5 nitrogen and oxygen atoms in total. The van der Waals surface area contributed by atoms with E-state index >= 15 is 0 Å². The molecule has 0 radical (unpaired) electrons. The molecule has 10 heteroatoms. The number of carbonyl (C=O) groups is 1. The minimum atomic E-state index is -0.269. The van der Waals surface area contributed by atoms with Gasteiger partial charge in [0.05, 0.1) is 27.5 Å². The summed E-state index contributed by atoms with van der Waals surface area (Å²) in [6.07, 6.45) is 2.93. The van der Waals surface area contributed by atoms with E-state index < -0.39 is 0 Å². The highest BCUT2D eigenvalue weighted by Gasteiger charge is 2.24. The van der Waals surface area contributed by atoms with E-state index in [-0.39, 0.29) is 17.2 Å². The Morgan fingerprint density at radius 2 is 1.85 bits per heavy atom. The summed E-state index contributed by atoms with van der Waals surface area (Å²) in [6, 6.07) is 11.9. The molecule has 1 aliphatic carbocycles. The van der Waals surface area contributed by atoms with Crippen molar-refractivity contribution in [1.29, 1.82) is 0 Å². The van der Waals surface area contributed by atoms with Gasteiger partial charge in [-0.05, 0) is 67.3 Å². The number of aromatic nitrogens is 2. The molecule has 0 fully saturated rings. The molecule has 0 spiro atoms. The second-order valence-electron chi connectivity index (χ2n) is 7.51. The Morgan fingerprint density at radius 3 is 2.61 bits per heavy atom. The molecule has 1 N–H and O–H groups in total. The molecule has 0 saturated heterocycles. The average Bonchev–Trinajstić information content (AvgIpc) is 3.36. The van der Waals surface area contributed by atoms with Crippen molar-refractivity contribution in [1.82, 2.24) is 9.55 Å². The number of thiophene rings is 1. The Bertz CT molecular complexity index is 1450. The third-order valence-electron chi connectivity index (χ3n) is 5.33. The van der Waals surface area contributed by atoms with E-state index in [0.29, 0.717) is 37.0 Å². The second kappa shape index (κ2) is 9.31. The summed E-state index contributed by atoms with van der Waals surface area (Å²) in [7, 11) is 0. The number of anilines is 1. The molecule has 168 valence electrons. The average molecular weight is 537 g/mol. The van der Waals surface area contributed by atoms with Crippen LogP contribution in [0.3, 0.4) is 0 Å². The highest BCUT2D eigenvalue weighted by Crippen LogP contribution is 2.36. The Morgan fingerprint density at radius 1 is 1.09 bits per heavy atom. The van der Waals surface area contributed by atoms with Gasteiger partial charge >= 0.3 is 0 Å². The van der Waals surface area contributed by atoms with Gasteiger partial charge < -0.3 is 5.32 Å². The predicted octanol–water partition coefficient (Wildman–Crippen LogP) is 6.63. The molecule has 33 heavy (non-hydrogen) atoms. The van der Waals surface area contributed by atoms with Crippen molar-refractivity contribution in [3.8, 4) is 5.69 Å². The van der Waals surface area contributed by atoms with Gasteiger partial charge in [0, 0.05) is 14.9 Å². The lowest BCUT2D eigenvalue weighted by atomic mass is 10.2. The number of benzene rings is 2. The zero-order valence-electron chi connectivity index (χ0n) is 17.0. The fourth-order valence-electron chi connectivity index (χ4n) is 3.85. The van der Waals surface area contributed by atoms with Gasteiger partial charge in [-0.1, -0.05) is 46.6 Å². The molecule has 5 rings (SSSR count). The number of aryl methyl sites for hydroxylation is 2. The van der Waals surface area contributed by atoms with Crippen molar-refractivity contribution in [2.24, 2.45) is 0 Å². The van der Waals surface area contributed by atoms with Gasteiger partial charge in [0.2, 0.25) is 5.91 Å². The number of nitrogens with zero attached hydrogens (tertiary/aromatic N) is 2. The molecular formula is C23H16Cl3N3O2S2. The zero-order chi connectivity index (χ0) is 23.1. The van der Waals surface area contributed by atoms with Crippen LogP contribution in [0.4, 0.5) is 5.69 Å². The van der Waals surface area contributed by atoms with Crippen LogP contribution in [0.2, 0.25) is 15.1 Å². The monoisotopic (exact) mass is 535 g/mol. The lowest BCUT2D eigenvalue weighted by Gasteiger charge is -2.13. The first-order chi connectivity index (χ1) is 15.9. The summed E-state index contributed by atoms with van der Waals surface area (Å²) in [5.74, 6) is -0.217. The lowest BCUT2D eigenvalue weighted by molar-refractivity contribution is -0.113. The second-order valence-corrected chi connectivity index (χ2v) is 10.8. The summed E-state index contributed by atoms with van der Waals surface area (Å²) in [5.41, 5.74) is 2.12. The van der Waals surface area contributed by atoms with Gasteiger partial charge in [0.1, 0.15) is 4.83 Å². The molecule has 0 atom stereocenters. The summed E-state index contributed by atoms with van der Waals surface area (Å²) >= 11 is 20.9. The first kappa shape index (κ1) is 22.7. The van der Waals surface area contributed by atoms with Crippen molar-refractivity contribution < 1.29 is 4.79 Å². The Balaban J connectivity index is 1.50. The van der Waals surface area contributed by atoms with Crippen LogP contribution in [0.25, 0.3) is 15.9 Å². The number of carbonyl (C=O) groups excluding carboxylic acids is 1. The summed E-state index contributed by atoms with van der Waals surface area (Å²) < 4.78 is 1.57. The van der Waals surface area contributed by atoms with E-state index in [2.05, 4.69) is 5.32 Å². The largest absolute Gasteiger partial charge is 0.324 e. The maximum absolute atomic E-state index is 13.6. The number of hydrogen-bond donors (Lipinski definition) is 1. The summed E-state index contributed by atoms with van der Waals surface area (Å²) in [6.45, 7) is 0. The maximum Gasteiger partial charge on any atom is 0.267 e. The Labute approximate surface area is 212 Å². The minimum Gasteiger partial charge on any atom is -0.324 e. The molecule has 0 aliphatic heterocycles. The number of amides is 1. The van der Waals surface area contributed by atoms with Crippen LogP contribution in [0.1, 0.15) is 16.9 Å². The number of hydrogen-bond acceptors (Lipinski definition) is 5. The van der Waals surface area contributed by atoms with E-state index in [1.165, 1.54) is 16.6 Å². The molecule has 1 amide bonds. The quantitative estimate of drug-likeness (QED) is 0.230. The number of rotatable bonds is 5. The Hall–Kier alpha value is -2.03. The molecule has 1 aliphatic rings. The fraction of sp³-hybridized carbons (Fsp3) is 0.174. The van der Waals surface area contributed by atoms with Gasteiger partial charge in [0.15, 0.2) is 5.16 Å². The first-order valence-corrected chi connectivity index (χ1v) is 13.1. The van der Waals surface area contributed by atoms with Crippen LogP contribution in [-0.2, 0) is 17.6 Å². The predicted molar refractivity (Wildman–Crippen MR) is 138 cm³/mol. The number of halogens is 3. The molecule has 0 saturated carbocycles. The van der Waals surface area contributed by atoms with Gasteiger partial charge in [-0.3, -0.25) is 14.2 Å². The van der Waals surface area contributed by atoms with Crippen molar-refractivity contribution >= 4 is 79.7 Å². The SMILES string of the molecule is O=C(CSc1nc2sc3c(c2c(=O)n1-c1ccc(Cl)cc1)CCC3)Nc1ccc(Cl)cc1Cl. The minimum absolute atomic E-state index is 0.0512.